The van der Waals surface area contributed by atoms with Crippen LogP contribution in [0.25, 0.3) is 6.08 Å². The molecule has 1 aliphatic carbocycles. The summed E-state index contributed by atoms with van der Waals surface area (Å²) in [7, 11) is -2.66. The van der Waals surface area contributed by atoms with Gasteiger partial charge in [0.1, 0.15) is 0 Å². The van der Waals surface area contributed by atoms with Gasteiger partial charge in [0, 0.05) is 0 Å². The van der Waals surface area contributed by atoms with Crippen LogP contribution in [0.2, 0.25) is 0 Å². The Morgan fingerprint density at radius 3 is 1.14 bits per heavy atom. The van der Waals surface area contributed by atoms with Gasteiger partial charge in [0.05, 0.1) is 0 Å². The van der Waals surface area contributed by atoms with Crippen molar-refractivity contribution in [3.05, 3.63) is 127 Å². The Kier molecular flexibility index (Phi) is 14.8. The summed E-state index contributed by atoms with van der Waals surface area (Å²) in [5, 5.41) is 4.73. The van der Waals surface area contributed by atoms with Gasteiger partial charge in [-0.05, 0) is 0 Å². The Hall–Kier alpha value is -1.58. The molecule has 1 atom stereocenters. The van der Waals surface area contributed by atoms with E-state index in [9.17, 15) is 0 Å². The second-order valence-electron chi connectivity index (χ2n) is 11.7. The molecule has 5 heteroatoms. The van der Waals surface area contributed by atoms with Crippen LogP contribution < -0.4 is 52.8 Å². The normalized spacial score (nSPS) is 13.7. The smallest absolute Gasteiger partial charge is 1.00 e. The van der Waals surface area contributed by atoms with E-state index in [-0.39, 0.29) is 37.2 Å². The SMILES string of the molecule is CCc1cc(CC)cc([Si](c2cc(CC)cc(CC)c2)(c2cc(CC)cc(CC)c2)C2[C]([Ti+3])=Cc3ccccc32)c1.[Cl-].[Cl-].[Cl-]. The van der Waals surface area contributed by atoms with Crippen molar-refractivity contribution in [2.24, 2.45) is 0 Å². The molecule has 0 N–H and O–H groups in total. The van der Waals surface area contributed by atoms with E-state index in [4.69, 9.17) is 0 Å². The van der Waals surface area contributed by atoms with Gasteiger partial charge in [0.15, 0.2) is 0 Å². The molecule has 0 radical (unpaired) electrons. The van der Waals surface area contributed by atoms with Crippen LogP contribution in [0.3, 0.4) is 0 Å². The molecule has 0 aromatic heterocycles. The number of halogens is 3. The molecular formula is C39H45Cl3SiTi. The molecule has 4 aromatic carbocycles. The van der Waals surface area contributed by atoms with Gasteiger partial charge in [-0.2, -0.15) is 0 Å². The molecule has 0 heterocycles. The maximum absolute atomic E-state index is 2.66. The molecule has 1 aliphatic rings. The Morgan fingerprint density at radius 2 is 0.818 bits per heavy atom. The van der Waals surface area contributed by atoms with E-state index in [0.717, 1.165) is 38.5 Å². The van der Waals surface area contributed by atoms with Crippen molar-refractivity contribution >= 4 is 29.7 Å². The van der Waals surface area contributed by atoms with Gasteiger partial charge in [0.25, 0.3) is 0 Å². The first-order chi connectivity index (χ1) is 19.9. The maximum Gasteiger partial charge on any atom is -1.00 e. The molecule has 0 saturated heterocycles. The number of hydrogen-bond donors (Lipinski definition) is 0. The van der Waals surface area contributed by atoms with Gasteiger partial charge in [-0.3, -0.25) is 0 Å². The molecule has 0 bridgehead atoms. The van der Waals surface area contributed by atoms with Gasteiger partial charge in [-0.25, -0.2) is 0 Å². The molecule has 1 unspecified atom stereocenters. The summed E-state index contributed by atoms with van der Waals surface area (Å²) in [5.41, 5.74) is 12.1. The quantitative estimate of drug-likeness (QED) is 0.144. The largest absolute Gasteiger partial charge is 1.00 e. The Bertz CT molecular complexity index is 1390. The minimum Gasteiger partial charge on any atom is -1.00 e. The molecule has 0 nitrogen and oxygen atoms in total. The van der Waals surface area contributed by atoms with E-state index in [2.05, 4.69) is 147 Å². The molecule has 0 amide bonds. The van der Waals surface area contributed by atoms with Gasteiger partial charge >= 0.3 is 263 Å². The van der Waals surface area contributed by atoms with Crippen molar-refractivity contribution < 1.29 is 57.7 Å². The maximum atomic E-state index is 2.61. The molecule has 4 aromatic rings. The van der Waals surface area contributed by atoms with E-state index in [1.54, 1.807) is 15.6 Å². The van der Waals surface area contributed by atoms with Gasteiger partial charge < -0.3 is 37.2 Å². The third-order valence-corrected chi connectivity index (χ3v) is 15.5. The monoisotopic (exact) mass is 694 g/mol. The van der Waals surface area contributed by atoms with Crippen LogP contribution in [0.4, 0.5) is 0 Å². The summed E-state index contributed by atoms with van der Waals surface area (Å²) >= 11 is 2.41. The number of rotatable bonds is 10. The Balaban J connectivity index is 0.00000225. The average molecular weight is 696 g/mol. The van der Waals surface area contributed by atoms with E-state index in [0.29, 0.717) is 5.54 Å². The topological polar surface area (TPSA) is 0 Å². The second-order valence-corrected chi connectivity index (χ2v) is 16.5. The summed E-state index contributed by atoms with van der Waals surface area (Å²) in [6.45, 7) is 13.9. The molecule has 0 aliphatic heterocycles. The van der Waals surface area contributed by atoms with Gasteiger partial charge in [-0.1, -0.05) is 0 Å². The number of aryl methyl sites for hydroxylation is 6. The van der Waals surface area contributed by atoms with Crippen molar-refractivity contribution in [1.82, 2.24) is 0 Å². The van der Waals surface area contributed by atoms with Crippen LogP contribution in [0.15, 0.2) is 82.7 Å². The summed E-state index contributed by atoms with van der Waals surface area (Å²) in [6, 6.07) is 32.2. The van der Waals surface area contributed by atoms with Gasteiger partial charge in [0.2, 0.25) is 0 Å². The number of allylic oxidation sites excluding steroid dienone is 1. The molecule has 44 heavy (non-hydrogen) atoms. The number of fused-ring (bicyclic) bond motifs is 1. The molecule has 0 saturated carbocycles. The molecule has 0 fully saturated rings. The average Bonchev–Trinajstić information content (AvgIpc) is 3.36. The zero-order valence-corrected chi connectivity index (χ0v) is 31.9. The minimum absolute atomic E-state index is 0. The van der Waals surface area contributed by atoms with Crippen LogP contribution in [-0.2, 0) is 59.0 Å². The van der Waals surface area contributed by atoms with Crippen molar-refractivity contribution in [2.45, 2.75) is 85.6 Å². The van der Waals surface area contributed by atoms with Crippen LogP contribution in [0.1, 0.15) is 91.6 Å². The fraction of sp³-hybridized carbons (Fsp3) is 0.333. The Labute approximate surface area is 298 Å². The summed E-state index contributed by atoms with van der Waals surface area (Å²) < 4.78 is 1.51. The molecule has 230 valence electrons. The van der Waals surface area contributed by atoms with Crippen molar-refractivity contribution in [2.75, 3.05) is 0 Å². The van der Waals surface area contributed by atoms with Crippen LogP contribution in [0, 0.1) is 0 Å². The van der Waals surface area contributed by atoms with Gasteiger partial charge in [-0.15, -0.1) is 0 Å². The number of benzene rings is 4. The molecule has 0 spiro atoms. The van der Waals surface area contributed by atoms with Crippen molar-refractivity contribution in [3.63, 3.8) is 0 Å². The standard InChI is InChI=1S/C39H45Si.3ClH.Ti/c1-7-28-19-29(8-2)23-35(22-28)40(36-24-30(9-3)20-31(10-4)25-36,37-26-32(11-5)21-33(12-6)27-37)39-18-17-34-15-13-14-16-38(34)39;;;;/h13-17,19-27,39H,7-12H2,1-6H3;3*1H;/q;;;;+3/p-3. The summed E-state index contributed by atoms with van der Waals surface area (Å²) in [5.74, 6) is 0. The zero-order valence-electron chi connectivity index (χ0n) is 27.0. The third-order valence-electron chi connectivity index (χ3n) is 9.34. The van der Waals surface area contributed by atoms with Crippen molar-refractivity contribution in [3.8, 4) is 0 Å². The Morgan fingerprint density at radius 1 is 0.500 bits per heavy atom. The predicted octanol–water partition coefficient (Wildman–Crippen LogP) is -1.23. The number of hydrogen-bond acceptors (Lipinski definition) is 0. The first-order valence-electron chi connectivity index (χ1n) is 15.8. The second kappa shape index (κ2) is 16.8. The molecular weight excluding hydrogens is 651 g/mol. The zero-order chi connectivity index (χ0) is 29.1. The first-order valence-corrected chi connectivity index (χ1v) is 18.7. The fourth-order valence-corrected chi connectivity index (χ4v) is 14.2. The van der Waals surface area contributed by atoms with E-state index in [1.165, 1.54) is 48.4 Å². The van der Waals surface area contributed by atoms with Crippen LogP contribution in [-0.4, -0.2) is 8.07 Å². The fourth-order valence-electron chi connectivity index (χ4n) is 6.99. The van der Waals surface area contributed by atoms with Crippen LogP contribution in [0.5, 0.6) is 0 Å². The third kappa shape index (κ3) is 7.20. The summed E-state index contributed by atoms with van der Waals surface area (Å²) in [6.07, 6.45) is 8.86. The van der Waals surface area contributed by atoms with Crippen LogP contribution >= 0.6 is 0 Å². The van der Waals surface area contributed by atoms with E-state index >= 15 is 0 Å². The predicted molar refractivity (Wildman–Crippen MR) is 177 cm³/mol. The first kappa shape index (κ1) is 38.6. The summed E-state index contributed by atoms with van der Waals surface area (Å²) in [4.78, 5) is 0. The van der Waals surface area contributed by atoms with E-state index < -0.39 is 8.07 Å². The van der Waals surface area contributed by atoms with E-state index in [1.807, 2.05) is 0 Å². The van der Waals surface area contributed by atoms with Crippen molar-refractivity contribution in [1.29, 1.82) is 0 Å². The molecule has 5 rings (SSSR count). The minimum atomic E-state index is -2.66.